The Balaban J connectivity index is 3.10. The van der Waals surface area contributed by atoms with E-state index in [-0.39, 0.29) is 16.7 Å². The van der Waals surface area contributed by atoms with Crippen LogP contribution in [0.3, 0.4) is 0 Å². The molecule has 0 spiro atoms. The molecular formula is C5H5ClN2O2. The maximum Gasteiger partial charge on any atom is 0.284 e. The standard InChI is InChI=1S/C5H5ClN2O2/c6-2-1-3(4(7)9)10-5(2)8/h1H,8H2,(H2,7,9). The highest BCUT2D eigenvalue weighted by molar-refractivity contribution is 6.33. The largest absolute Gasteiger partial charge is 0.434 e. The molecule has 0 saturated heterocycles. The number of nitrogen functional groups attached to an aromatic ring is 1. The number of halogens is 1. The zero-order valence-corrected chi connectivity index (χ0v) is 5.68. The Kier molecular flexibility index (Phi) is 1.55. The van der Waals surface area contributed by atoms with Gasteiger partial charge in [0.25, 0.3) is 5.91 Å². The Bertz CT molecular complexity index is 249. The molecule has 0 aliphatic rings. The molecule has 0 bridgehead atoms. The maximum atomic E-state index is 10.4. The van der Waals surface area contributed by atoms with Gasteiger partial charge in [0.1, 0.15) is 5.02 Å². The van der Waals surface area contributed by atoms with E-state index < -0.39 is 5.91 Å². The van der Waals surface area contributed by atoms with Crippen molar-refractivity contribution in [2.24, 2.45) is 5.73 Å². The number of nitrogens with two attached hydrogens (primary N) is 2. The van der Waals surface area contributed by atoms with Gasteiger partial charge in [-0.25, -0.2) is 0 Å². The summed E-state index contributed by atoms with van der Waals surface area (Å²) in [6.07, 6.45) is 0. The summed E-state index contributed by atoms with van der Waals surface area (Å²) in [5, 5.41) is 0.203. The van der Waals surface area contributed by atoms with Crippen molar-refractivity contribution in [3.8, 4) is 0 Å². The van der Waals surface area contributed by atoms with Crippen molar-refractivity contribution >= 4 is 23.4 Å². The van der Waals surface area contributed by atoms with Gasteiger partial charge >= 0.3 is 0 Å². The molecule has 0 radical (unpaired) electrons. The molecule has 1 amide bonds. The summed E-state index contributed by atoms with van der Waals surface area (Å²) in [5.74, 6) is -0.698. The molecule has 0 saturated carbocycles. The first-order chi connectivity index (χ1) is 4.61. The molecular weight excluding hydrogens is 156 g/mol. The Morgan fingerprint density at radius 1 is 1.70 bits per heavy atom. The first-order valence-corrected chi connectivity index (χ1v) is 2.83. The van der Waals surface area contributed by atoms with Gasteiger partial charge < -0.3 is 15.9 Å². The van der Waals surface area contributed by atoms with Crippen LogP contribution in [0.2, 0.25) is 5.02 Å². The van der Waals surface area contributed by atoms with E-state index in [1.165, 1.54) is 6.07 Å². The van der Waals surface area contributed by atoms with Gasteiger partial charge in [0.15, 0.2) is 5.76 Å². The van der Waals surface area contributed by atoms with Gasteiger partial charge in [-0.15, -0.1) is 0 Å². The molecule has 0 unspecified atom stereocenters. The molecule has 54 valence electrons. The van der Waals surface area contributed by atoms with Gasteiger partial charge in [-0.3, -0.25) is 4.79 Å². The molecule has 0 fully saturated rings. The molecule has 0 aromatic carbocycles. The lowest BCUT2D eigenvalue weighted by molar-refractivity contribution is 0.0975. The Hall–Kier alpha value is -1.16. The highest BCUT2D eigenvalue weighted by atomic mass is 35.5. The van der Waals surface area contributed by atoms with Crippen LogP contribution in [-0.2, 0) is 0 Å². The molecule has 0 aliphatic heterocycles. The first-order valence-electron chi connectivity index (χ1n) is 2.46. The number of carbonyl (C=O) groups excluding carboxylic acids is 1. The Labute approximate surface area is 61.7 Å². The monoisotopic (exact) mass is 160 g/mol. The first kappa shape index (κ1) is 6.95. The third-order valence-corrected chi connectivity index (χ3v) is 1.25. The van der Waals surface area contributed by atoms with Gasteiger partial charge in [0.05, 0.1) is 0 Å². The summed E-state index contributed by atoms with van der Waals surface area (Å²) in [7, 11) is 0. The minimum Gasteiger partial charge on any atom is -0.434 e. The van der Waals surface area contributed by atoms with E-state index in [1.54, 1.807) is 0 Å². The average Bonchev–Trinajstić information content (AvgIpc) is 2.13. The summed E-state index contributed by atoms with van der Waals surface area (Å²) in [6.45, 7) is 0. The Morgan fingerprint density at radius 3 is 2.50 bits per heavy atom. The van der Waals surface area contributed by atoms with Crippen LogP contribution >= 0.6 is 11.6 Å². The Morgan fingerprint density at radius 2 is 2.30 bits per heavy atom. The van der Waals surface area contributed by atoms with E-state index >= 15 is 0 Å². The van der Waals surface area contributed by atoms with E-state index in [1.807, 2.05) is 0 Å². The summed E-state index contributed by atoms with van der Waals surface area (Å²) in [6, 6.07) is 1.28. The topological polar surface area (TPSA) is 82.2 Å². The molecule has 1 rings (SSSR count). The van der Waals surface area contributed by atoms with Crippen molar-refractivity contribution in [3.05, 3.63) is 16.8 Å². The zero-order valence-electron chi connectivity index (χ0n) is 4.93. The number of furan rings is 1. The normalized spacial score (nSPS) is 9.70. The smallest absolute Gasteiger partial charge is 0.284 e. The molecule has 1 aromatic rings. The minimum absolute atomic E-state index is 0.00969. The van der Waals surface area contributed by atoms with E-state index in [2.05, 4.69) is 4.42 Å². The fourth-order valence-corrected chi connectivity index (χ4v) is 0.642. The quantitative estimate of drug-likeness (QED) is 0.632. The predicted octanol–water partition coefficient (Wildman–Crippen LogP) is 0.614. The van der Waals surface area contributed by atoms with Crippen LogP contribution < -0.4 is 11.5 Å². The molecule has 4 nitrogen and oxygen atoms in total. The fraction of sp³-hybridized carbons (Fsp3) is 0. The van der Waals surface area contributed by atoms with Crippen molar-refractivity contribution in [2.45, 2.75) is 0 Å². The molecule has 1 heterocycles. The van der Waals surface area contributed by atoms with Gasteiger partial charge in [-0.05, 0) is 0 Å². The SMILES string of the molecule is NC(=O)c1cc(Cl)c(N)o1. The van der Waals surface area contributed by atoms with Gasteiger partial charge in [0, 0.05) is 6.07 Å². The second kappa shape index (κ2) is 2.22. The third-order valence-electron chi connectivity index (χ3n) is 0.956. The zero-order chi connectivity index (χ0) is 7.72. The molecule has 4 N–H and O–H groups in total. The minimum atomic E-state index is -0.682. The van der Waals surface area contributed by atoms with Crippen LogP contribution in [0.4, 0.5) is 5.88 Å². The van der Waals surface area contributed by atoms with Crippen molar-refractivity contribution in [3.63, 3.8) is 0 Å². The molecule has 1 aromatic heterocycles. The van der Waals surface area contributed by atoms with E-state index in [0.717, 1.165) is 0 Å². The van der Waals surface area contributed by atoms with Gasteiger partial charge in [-0.2, -0.15) is 0 Å². The number of rotatable bonds is 1. The molecule has 0 atom stereocenters. The average molecular weight is 161 g/mol. The van der Waals surface area contributed by atoms with Crippen LogP contribution in [-0.4, -0.2) is 5.91 Å². The van der Waals surface area contributed by atoms with Crippen molar-refractivity contribution in [1.29, 1.82) is 0 Å². The third kappa shape index (κ3) is 1.06. The lowest BCUT2D eigenvalue weighted by atomic mass is 10.4. The summed E-state index contributed by atoms with van der Waals surface area (Å²) < 4.78 is 4.65. The second-order valence-electron chi connectivity index (χ2n) is 1.69. The van der Waals surface area contributed by atoms with Crippen molar-refractivity contribution in [2.75, 3.05) is 5.73 Å². The van der Waals surface area contributed by atoms with Crippen molar-refractivity contribution in [1.82, 2.24) is 0 Å². The number of primary amides is 1. The number of hydrogen-bond acceptors (Lipinski definition) is 3. The van der Waals surface area contributed by atoms with Crippen molar-refractivity contribution < 1.29 is 9.21 Å². The molecule has 5 heteroatoms. The molecule has 10 heavy (non-hydrogen) atoms. The van der Waals surface area contributed by atoms with Crippen LogP contribution in [0.5, 0.6) is 0 Å². The van der Waals surface area contributed by atoms with E-state index in [4.69, 9.17) is 23.1 Å². The predicted molar refractivity (Wildman–Crippen MR) is 36.6 cm³/mol. The van der Waals surface area contributed by atoms with Crippen LogP contribution in [0.1, 0.15) is 10.6 Å². The highest BCUT2D eigenvalue weighted by Gasteiger charge is 2.09. The number of carbonyl (C=O) groups is 1. The summed E-state index contributed by atoms with van der Waals surface area (Å²) >= 11 is 5.45. The van der Waals surface area contributed by atoms with Crippen LogP contribution in [0, 0.1) is 0 Å². The maximum absolute atomic E-state index is 10.4. The summed E-state index contributed by atoms with van der Waals surface area (Å²) in [4.78, 5) is 10.4. The lowest BCUT2D eigenvalue weighted by Crippen LogP contribution is -2.09. The van der Waals surface area contributed by atoms with Crippen LogP contribution in [0.15, 0.2) is 10.5 Å². The number of hydrogen-bond donors (Lipinski definition) is 2. The molecule has 0 aliphatic carbocycles. The summed E-state index contributed by atoms with van der Waals surface area (Å²) in [5.41, 5.74) is 10.0. The fourth-order valence-electron chi connectivity index (χ4n) is 0.504. The van der Waals surface area contributed by atoms with Crippen LogP contribution in [0.25, 0.3) is 0 Å². The van der Waals surface area contributed by atoms with E-state index in [9.17, 15) is 4.79 Å². The number of anilines is 1. The van der Waals surface area contributed by atoms with Gasteiger partial charge in [0.2, 0.25) is 5.88 Å². The second-order valence-corrected chi connectivity index (χ2v) is 2.09. The van der Waals surface area contributed by atoms with E-state index in [0.29, 0.717) is 0 Å². The number of amides is 1. The lowest BCUT2D eigenvalue weighted by Gasteiger charge is -1.83. The highest BCUT2D eigenvalue weighted by Crippen LogP contribution is 2.22. The van der Waals surface area contributed by atoms with Gasteiger partial charge in [-0.1, -0.05) is 11.6 Å².